The van der Waals surface area contributed by atoms with Gasteiger partial charge < -0.3 is 10.2 Å². The van der Waals surface area contributed by atoms with Gasteiger partial charge in [-0.2, -0.15) is 0 Å². The summed E-state index contributed by atoms with van der Waals surface area (Å²) in [5.74, 6) is 0. The van der Waals surface area contributed by atoms with E-state index in [4.69, 9.17) is 11.6 Å². The lowest BCUT2D eigenvalue weighted by Crippen LogP contribution is -2.48. The lowest BCUT2D eigenvalue weighted by atomic mass is 10.2. The maximum absolute atomic E-state index is 6.00. The fourth-order valence-electron chi connectivity index (χ4n) is 2.06. The number of hydrogen-bond acceptors (Lipinski definition) is 3. The molecule has 1 aromatic rings. The van der Waals surface area contributed by atoms with Crippen molar-refractivity contribution in [3.63, 3.8) is 0 Å². The van der Waals surface area contributed by atoms with Gasteiger partial charge in [-0.25, -0.2) is 0 Å². The van der Waals surface area contributed by atoms with Gasteiger partial charge in [-0.1, -0.05) is 17.7 Å². The Morgan fingerprint density at radius 2 is 2.00 bits per heavy atom. The highest BCUT2D eigenvalue weighted by Gasteiger charge is 2.16. The van der Waals surface area contributed by atoms with Crippen LogP contribution in [0.1, 0.15) is 0 Å². The Kier molecular flexibility index (Phi) is 4.04. The van der Waals surface area contributed by atoms with Gasteiger partial charge in [0, 0.05) is 43.6 Å². The number of piperazine rings is 1. The zero-order valence-electron chi connectivity index (χ0n) is 9.62. The van der Waals surface area contributed by atoms with Gasteiger partial charge in [-0.3, -0.25) is 4.90 Å². The summed E-state index contributed by atoms with van der Waals surface area (Å²) >= 11 is 6.00. The Morgan fingerprint density at radius 1 is 1.25 bits per heavy atom. The molecular weight excluding hydrogens is 222 g/mol. The first-order chi connectivity index (χ1) is 7.79. The third-order valence-corrected chi connectivity index (χ3v) is 3.16. The molecule has 1 aliphatic rings. The van der Waals surface area contributed by atoms with E-state index in [1.165, 1.54) is 5.69 Å². The van der Waals surface area contributed by atoms with Gasteiger partial charge in [-0.15, -0.1) is 0 Å². The summed E-state index contributed by atoms with van der Waals surface area (Å²) in [4.78, 5) is 4.80. The first-order valence-electron chi connectivity index (χ1n) is 5.67. The monoisotopic (exact) mass is 239 g/mol. The van der Waals surface area contributed by atoms with Crippen LogP contribution in [0, 0.1) is 0 Å². The second-order valence-electron chi connectivity index (χ2n) is 4.10. The normalized spacial score (nSPS) is 17.8. The molecule has 0 aromatic heterocycles. The van der Waals surface area contributed by atoms with Crippen LogP contribution >= 0.6 is 11.6 Å². The van der Waals surface area contributed by atoms with Crippen LogP contribution in [0.2, 0.25) is 5.02 Å². The van der Waals surface area contributed by atoms with Gasteiger partial charge in [-0.05, 0) is 25.2 Å². The molecule has 1 N–H and O–H groups in total. The van der Waals surface area contributed by atoms with E-state index >= 15 is 0 Å². The minimum absolute atomic E-state index is 0.815. The van der Waals surface area contributed by atoms with Crippen molar-refractivity contribution in [2.24, 2.45) is 0 Å². The molecule has 88 valence electrons. The van der Waals surface area contributed by atoms with E-state index in [1.54, 1.807) is 0 Å². The Morgan fingerprint density at radius 3 is 2.62 bits per heavy atom. The Bertz CT molecular complexity index is 335. The Labute approximate surface area is 102 Å². The predicted octanol–water partition coefficient (Wildman–Crippen LogP) is 1.64. The van der Waals surface area contributed by atoms with Crippen molar-refractivity contribution in [1.82, 2.24) is 10.2 Å². The van der Waals surface area contributed by atoms with E-state index in [-0.39, 0.29) is 0 Å². The van der Waals surface area contributed by atoms with Crippen LogP contribution in [0.4, 0.5) is 5.69 Å². The zero-order valence-corrected chi connectivity index (χ0v) is 10.4. The van der Waals surface area contributed by atoms with Gasteiger partial charge in [0.05, 0.1) is 0 Å². The zero-order chi connectivity index (χ0) is 11.4. The number of rotatable bonds is 3. The summed E-state index contributed by atoms with van der Waals surface area (Å²) in [5, 5.41) is 4.00. The number of hydrogen-bond donors (Lipinski definition) is 1. The van der Waals surface area contributed by atoms with Gasteiger partial charge in [0.1, 0.15) is 0 Å². The summed E-state index contributed by atoms with van der Waals surface area (Å²) in [6.07, 6.45) is 0. The first kappa shape index (κ1) is 11.7. The molecule has 0 unspecified atom stereocenters. The predicted molar refractivity (Wildman–Crippen MR) is 69.2 cm³/mol. The molecule has 4 heteroatoms. The molecule has 0 saturated carbocycles. The third kappa shape index (κ3) is 2.88. The molecule has 0 bridgehead atoms. The number of nitrogens with zero attached hydrogens (tertiary/aromatic N) is 2. The number of anilines is 1. The number of benzene rings is 1. The van der Waals surface area contributed by atoms with Gasteiger partial charge in [0.2, 0.25) is 0 Å². The minimum atomic E-state index is 0.815. The standard InChI is InChI=1S/C12H18ClN3/c1-14-10-15-5-7-16(8-6-15)12-4-2-3-11(13)9-12/h2-4,9,14H,5-8,10H2,1H3. The van der Waals surface area contributed by atoms with E-state index < -0.39 is 0 Å². The van der Waals surface area contributed by atoms with Crippen LogP contribution in [-0.2, 0) is 0 Å². The molecule has 1 fully saturated rings. The average Bonchev–Trinajstić information content (AvgIpc) is 2.30. The Hall–Kier alpha value is -0.770. The molecule has 0 atom stereocenters. The van der Waals surface area contributed by atoms with E-state index in [0.717, 1.165) is 37.9 Å². The van der Waals surface area contributed by atoms with E-state index in [9.17, 15) is 0 Å². The van der Waals surface area contributed by atoms with Crippen LogP contribution in [-0.4, -0.2) is 44.8 Å². The summed E-state index contributed by atoms with van der Waals surface area (Å²) in [6, 6.07) is 8.09. The molecule has 2 rings (SSSR count). The largest absolute Gasteiger partial charge is 0.369 e. The molecule has 16 heavy (non-hydrogen) atoms. The van der Waals surface area contributed by atoms with Crippen LogP contribution in [0.3, 0.4) is 0 Å². The molecule has 0 aliphatic carbocycles. The van der Waals surface area contributed by atoms with Crippen LogP contribution in [0.25, 0.3) is 0 Å². The number of nitrogens with one attached hydrogen (secondary N) is 1. The van der Waals surface area contributed by atoms with Crippen molar-refractivity contribution < 1.29 is 0 Å². The summed E-state index contributed by atoms with van der Waals surface area (Å²) in [7, 11) is 1.99. The van der Waals surface area contributed by atoms with E-state index in [2.05, 4.69) is 21.2 Å². The molecule has 1 saturated heterocycles. The summed E-state index contributed by atoms with van der Waals surface area (Å²) < 4.78 is 0. The van der Waals surface area contributed by atoms with Crippen LogP contribution in [0.15, 0.2) is 24.3 Å². The molecule has 1 heterocycles. The fourth-order valence-corrected chi connectivity index (χ4v) is 2.25. The highest BCUT2D eigenvalue weighted by atomic mass is 35.5. The fraction of sp³-hybridized carbons (Fsp3) is 0.500. The highest BCUT2D eigenvalue weighted by molar-refractivity contribution is 6.30. The van der Waals surface area contributed by atoms with Gasteiger partial charge in [0.25, 0.3) is 0 Å². The Balaban J connectivity index is 1.94. The molecule has 1 aromatic carbocycles. The lowest BCUT2D eigenvalue weighted by molar-refractivity contribution is 0.246. The molecule has 1 aliphatic heterocycles. The van der Waals surface area contributed by atoms with Gasteiger partial charge >= 0.3 is 0 Å². The molecule has 0 amide bonds. The highest BCUT2D eigenvalue weighted by Crippen LogP contribution is 2.20. The quantitative estimate of drug-likeness (QED) is 0.865. The molecule has 0 radical (unpaired) electrons. The van der Waals surface area contributed by atoms with Crippen molar-refractivity contribution in [1.29, 1.82) is 0 Å². The summed E-state index contributed by atoms with van der Waals surface area (Å²) in [6.45, 7) is 5.33. The molecule has 0 spiro atoms. The van der Waals surface area contributed by atoms with Crippen molar-refractivity contribution in [3.8, 4) is 0 Å². The van der Waals surface area contributed by atoms with Crippen molar-refractivity contribution >= 4 is 17.3 Å². The van der Waals surface area contributed by atoms with Crippen molar-refractivity contribution in [2.45, 2.75) is 0 Å². The maximum atomic E-state index is 6.00. The average molecular weight is 240 g/mol. The molecular formula is C12H18ClN3. The first-order valence-corrected chi connectivity index (χ1v) is 6.05. The lowest BCUT2D eigenvalue weighted by Gasteiger charge is -2.35. The number of halogens is 1. The van der Waals surface area contributed by atoms with Gasteiger partial charge in [0.15, 0.2) is 0 Å². The second kappa shape index (κ2) is 5.53. The van der Waals surface area contributed by atoms with Crippen LogP contribution in [0.5, 0.6) is 0 Å². The summed E-state index contributed by atoms with van der Waals surface area (Å²) in [5.41, 5.74) is 1.23. The molecule has 3 nitrogen and oxygen atoms in total. The second-order valence-corrected chi connectivity index (χ2v) is 4.53. The van der Waals surface area contributed by atoms with E-state index in [1.807, 2.05) is 25.2 Å². The topological polar surface area (TPSA) is 18.5 Å². The van der Waals surface area contributed by atoms with Crippen LogP contribution < -0.4 is 10.2 Å². The SMILES string of the molecule is CNCN1CCN(c2cccc(Cl)c2)CC1. The maximum Gasteiger partial charge on any atom is 0.0479 e. The smallest absolute Gasteiger partial charge is 0.0479 e. The van der Waals surface area contributed by atoms with E-state index in [0.29, 0.717) is 0 Å². The third-order valence-electron chi connectivity index (χ3n) is 2.93. The van der Waals surface area contributed by atoms with Crippen molar-refractivity contribution in [2.75, 3.05) is 44.8 Å². The van der Waals surface area contributed by atoms with Crippen molar-refractivity contribution in [3.05, 3.63) is 29.3 Å². The minimum Gasteiger partial charge on any atom is -0.369 e.